The predicted octanol–water partition coefficient (Wildman–Crippen LogP) is -1.03. The van der Waals surface area contributed by atoms with E-state index >= 15 is 0 Å². The van der Waals surface area contributed by atoms with Crippen molar-refractivity contribution in [1.29, 1.82) is 0 Å². The number of aliphatic hydroxyl groups is 1. The van der Waals surface area contributed by atoms with Gasteiger partial charge in [0.25, 0.3) is 0 Å². The van der Waals surface area contributed by atoms with Gasteiger partial charge in [0.1, 0.15) is 6.04 Å². The minimum absolute atomic E-state index is 0.0905. The number of nitrogens with zero attached hydrogens (tertiary/aromatic N) is 1. The smallest absolute Gasteiger partial charge is 0.422 e. The van der Waals surface area contributed by atoms with Crippen molar-refractivity contribution in [2.45, 2.75) is 38.5 Å². The monoisotopic (exact) mass is 310 g/mol. The summed E-state index contributed by atoms with van der Waals surface area (Å²) in [7, 11) is -3.18. The Labute approximate surface area is 117 Å². The topological polar surface area (TPSA) is 122 Å². The summed E-state index contributed by atoms with van der Waals surface area (Å²) in [6.45, 7) is 2.82. The molecular weight excluding hydrogens is 292 g/mol. The van der Waals surface area contributed by atoms with E-state index in [4.69, 9.17) is 0 Å². The number of amides is 1. The highest BCUT2D eigenvalue weighted by Crippen LogP contribution is 2.21. The first-order valence-corrected chi connectivity index (χ1v) is 7.37. The molecule has 10 heteroatoms. The number of carbonyl (C=O) groups excluding carboxylic acids is 2. The average Bonchev–Trinajstić information content (AvgIpc) is 2.69. The SMILES string of the molecule is COC(=O)C1CC(O)CN1S(=O)(=O)NC(=O)OC(C)C. The van der Waals surface area contributed by atoms with E-state index in [9.17, 15) is 23.1 Å². The van der Waals surface area contributed by atoms with Crippen LogP contribution in [-0.2, 0) is 24.5 Å². The van der Waals surface area contributed by atoms with Crippen molar-refractivity contribution in [1.82, 2.24) is 9.03 Å². The summed E-state index contributed by atoms with van der Waals surface area (Å²) >= 11 is 0. The minimum atomic E-state index is -4.29. The highest BCUT2D eigenvalue weighted by molar-refractivity contribution is 7.87. The van der Waals surface area contributed by atoms with E-state index in [0.29, 0.717) is 4.31 Å². The molecule has 0 saturated carbocycles. The van der Waals surface area contributed by atoms with Gasteiger partial charge in [0, 0.05) is 13.0 Å². The molecule has 1 aliphatic rings. The normalized spacial score (nSPS) is 23.6. The lowest BCUT2D eigenvalue weighted by molar-refractivity contribution is -0.144. The van der Waals surface area contributed by atoms with Crippen molar-refractivity contribution in [2.24, 2.45) is 0 Å². The van der Waals surface area contributed by atoms with Gasteiger partial charge >= 0.3 is 22.3 Å². The molecule has 1 aliphatic heterocycles. The molecule has 116 valence electrons. The minimum Gasteiger partial charge on any atom is -0.468 e. The third-order valence-corrected chi connectivity index (χ3v) is 4.02. The molecule has 1 amide bonds. The molecule has 0 aromatic heterocycles. The van der Waals surface area contributed by atoms with Gasteiger partial charge in [-0.2, -0.15) is 12.7 Å². The Kier molecular flexibility index (Phi) is 5.31. The van der Waals surface area contributed by atoms with Gasteiger partial charge in [0.05, 0.1) is 19.3 Å². The van der Waals surface area contributed by atoms with Crippen LogP contribution in [0.2, 0.25) is 0 Å². The molecule has 2 N–H and O–H groups in total. The molecule has 0 aromatic rings. The maximum atomic E-state index is 12.0. The maximum absolute atomic E-state index is 12.0. The largest absolute Gasteiger partial charge is 0.468 e. The second-order valence-electron chi connectivity index (χ2n) is 4.56. The Morgan fingerprint density at radius 3 is 2.50 bits per heavy atom. The highest BCUT2D eigenvalue weighted by atomic mass is 32.2. The fourth-order valence-corrected chi connectivity index (χ4v) is 3.05. The van der Waals surface area contributed by atoms with Crippen LogP contribution < -0.4 is 4.72 Å². The van der Waals surface area contributed by atoms with Crippen molar-refractivity contribution in [3.05, 3.63) is 0 Å². The molecule has 0 radical (unpaired) electrons. The van der Waals surface area contributed by atoms with Gasteiger partial charge in [-0.15, -0.1) is 0 Å². The predicted molar refractivity (Wildman–Crippen MR) is 66.8 cm³/mol. The molecule has 9 nitrogen and oxygen atoms in total. The van der Waals surface area contributed by atoms with E-state index in [1.807, 2.05) is 0 Å². The van der Waals surface area contributed by atoms with Gasteiger partial charge < -0.3 is 14.6 Å². The van der Waals surface area contributed by atoms with E-state index in [1.54, 1.807) is 18.6 Å². The molecular formula is C10H18N2O7S. The number of hydrogen-bond donors (Lipinski definition) is 2. The third-order valence-electron chi connectivity index (χ3n) is 2.57. The molecule has 0 aromatic carbocycles. The van der Waals surface area contributed by atoms with E-state index < -0.39 is 40.5 Å². The summed E-state index contributed by atoms with van der Waals surface area (Å²) in [5, 5.41) is 9.50. The number of carbonyl (C=O) groups is 2. The molecule has 1 heterocycles. The van der Waals surface area contributed by atoms with Crippen molar-refractivity contribution in [2.75, 3.05) is 13.7 Å². The van der Waals surface area contributed by atoms with Gasteiger partial charge in [-0.1, -0.05) is 0 Å². The number of nitrogens with one attached hydrogen (secondary N) is 1. The second-order valence-corrected chi connectivity index (χ2v) is 6.18. The summed E-state index contributed by atoms with van der Waals surface area (Å²) in [6.07, 6.45) is -2.74. The van der Waals surface area contributed by atoms with E-state index in [-0.39, 0.29) is 13.0 Å². The number of methoxy groups -OCH3 is 1. The molecule has 1 saturated heterocycles. The van der Waals surface area contributed by atoms with Crippen molar-refractivity contribution >= 4 is 22.3 Å². The quantitative estimate of drug-likeness (QED) is 0.637. The lowest BCUT2D eigenvalue weighted by Crippen LogP contribution is -2.49. The first-order valence-electron chi connectivity index (χ1n) is 5.93. The zero-order valence-electron chi connectivity index (χ0n) is 11.4. The molecule has 0 bridgehead atoms. The van der Waals surface area contributed by atoms with Gasteiger partial charge in [-0.25, -0.2) is 9.52 Å². The lowest BCUT2D eigenvalue weighted by Gasteiger charge is -2.21. The van der Waals surface area contributed by atoms with Crippen LogP contribution in [0, 0.1) is 0 Å². The zero-order chi connectivity index (χ0) is 15.5. The number of hydrogen-bond acceptors (Lipinski definition) is 7. The van der Waals surface area contributed by atoms with Crippen LogP contribution in [-0.4, -0.2) is 61.8 Å². The number of β-amino-alcohol motifs (C(OH)–C–C–N with tert-alkyl or cyclic N) is 1. The highest BCUT2D eigenvalue weighted by Gasteiger charge is 2.44. The standard InChI is InChI=1S/C10H18N2O7S/c1-6(2)19-10(15)11-20(16,17)12-5-7(13)4-8(12)9(14)18-3/h6-8,13H,4-5H2,1-3H3,(H,11,15). The van der Waals surface area contributed by atoms with Crippen LogP contribution >= 0.6 is 0 Å². The Morgan fingerprint density at radius 1 is 1.40 bits per heavy atom. The first kappa shape index (κ1) is 16.7. The fraction of sp³-hybridized carbons (Fsp3) is 0.800. The van der Waals surface area contributed by atoms with Crippen LogP contribution in [0.5, 0.6) is 0 Å². The molecule has 1 rings (SSSR count). The number of esters is 1. The van der Waals surface area contributed by atoms with Gasteiger partial charge in [0.2, 0.25) is 0 Å². The van der Waals surface area contributed by atoms with Crippen molar-refractivity contribution in [3.8, 4) is 0 Å². The van der Waals surface area contributed by atoms with Gasteiger partial charge in [0.15, 0.2) is 0 Å². The van der Waals surface area contributed by atoms with Crippen LogP contribution in [0.25, 0.3) is 0 Å². The average molecular weight is 310 g/mol. The van der Waals surface area contributed by atoms with E-state index in [0.717, 1.165) is 7.11 Å². The summed E-state index contributed by atoms with van der Waals surface area (Å²) in [4.78, 5) is 22.8. The second kappa shape index (κ2) is 6.37. The Hall–Kier alpha value is -1.39. The first-order chi connectivity index (χ1) is 9.17. The summed E-state index contributed by atoms with van der Waals surface area (Å²) in [6, 6.07) is -1.17. The molecule has 0 spiro atoms. The molecule has 2 atom stereocenters. The molecule has 1 fully saturated rings. The summed E-state index contributed by atoms with van der Waals surface area (Å²) in [5.74, 6) is -0.802. The Balaban J connectivity index is 2.84. The van der Waals surface area contributed by atoms with Crippen LogP contribution in [0.15, 0.2) is 0 Å². The maximum Gasteiger partial charge on any atom is 0.422 e. The molecule has 2 unspecified atom stereocenters. The molecule has 0 aliphatic carbocycles. The van der Waals surface area contributed by atoms with E-state index in [1.165, 1.54) is 0 Å². The number of rotatable bonds is 4. The lowest BCUT2D eigenvalue weighted by atomic mass is 10.2. The van der Waals surface area contributed by atoms with Crippen molar-refractivity contribution in [3.63, 3.8) is 0 Å². The Morgan fingerprint density at radius 2 is 2.00 bits per heavy atom. The van der Waals surface area contributed by atoms with Crippen LogP contribution in [0.1, 0.15) is 20.3 Å². The summed E-state index contributed by atoms with van der Waals surface area (Å²) < 4.78 is 35.5. The van der Waals surface area contributed by atoms with Gasteiger partial charge in [-0.05, 0) is 13.8 Å². The summed E-state index contributed by atoms with van der Waals surface area (Å²) in [5.41, 5.74) is 0. The van der Waals surface area contributed by atoms with Gasteiger partial charge in [-0.3, -0.25) is 4.79 Å². The zero-order valence-corrected chi connectivity index (χ0v) is 12.2. The van der Waals surface area contributed by atoms with Crippen molar-refractivity contribution < 1.29 is 32.6 Å². The van der Waals surface area contributed by atoms with E-state index in [2.05, 4.69) is 9.47 Å². The fourth-order valence-electron chi connectivity index (χ4n) is 1.80. The third kappa shape index (κ3) is 4.05. The van der Waals surface area contributed by atoms with Crippen LogP contribution in [0.4, 0.5) is 4.79 Å². The molecule has 20 heavy (non-hydrogen) atoms. The number of ether oxygens (including phenoxy) is 2. The number of aliphatic hydroxyl groups excluding tert-OH is 1. The van der Waals surface area contributed by atoms with Crippen LogP contribution in [0.3, 0.4) is 0 Å². The Bertz CT molecular complexity index is 476.